The zero-order valence-corrected chi connectivity index (χ0v) is 21.7. The van der Waals surface area contributed by atoms with Gasteiger partial charge in [0.25, 0.3) is 0 Å². The van der Waals surface area contributed by atoms with E-state index in [9.17, 15) is 9.59 Å². The van der Waals surface area contributed by atoms with Gasteiger partial charge < -0.3 is 24.0 Å². The monoisotopic (exact) mass is 509 g/mol. The molecule has 2 aliphatic heterocycles. The molecule has 3 heterocycles. The van der Waals surface area contributed by atoms with Gasteiger partial charge in [0.2, 0.25) is 5.91 Å². The lowest BCUT2D eigenvalue weighted by molar-refractivity contribution is -0.125. The van der Waals surface area contributed by atoms with E-state index in [-0.39, 0.29) is 11.9 Å². The number of likely N-dealkylation sites (N-methyl/N-ethyl adjacent to an activating group) is 1. The summed E-state index contributed by atoms with van der Waals surface area (Å²) in [6.45, 7) is 7.93. The molecule has 1 aromatic heterocycles. The fraction of sp³-hybridized carbons (Fsp3) is 0.444. The summed E-state index contributed by atoms with van der Waals surface area (Å²) < 4.78 is 16.6. The van der Waals surface area contributed by atoms with Crippen molar-refractivity contribution in [2.45, 2.75) is 20.0 Å². The van der Waals surface area contributed by atoms with Crippen molar-refractivity contribution < 1.29 is 23.8 Å². The van der Waals surface area contributed by atoms with E-state index in [0.29, 0.717) is 43.6 Å². The maximum atomic E-state index is 12.8. The number of pyridine rings is 1. The van der Waals surface area contributed by atoms with Crippen LogP contribution in [0.2, 0.25) is 0 Å². The number of morpholine rings is 1. The number of nitrogens with zero attached hydrogens (tertiary/aromatic N) is 4. The molecule has 0 unspecified atom stereocenters. The van der Waals surface area contributed by atoms with Crippen LogP contribution in [0.3, 0.4) is 0 Å². The predicted octanol–water partition coefficient (Wildman–Crippen LogP) is 2.84. The number of rotatable bonds is 10. The third kappa shape index (κ3) is 6.78. The summed E-state index contributed by atoms with van der Waals surface area (Å²) in [5, 5.41) is 2.87. The number of carbonyl (C=O) groups is 2. The fourth-order valence-corrected chi connectivity index (χ4v) is 4.36. The first-order valence-electron chi connectivity index (χ1n) is 12.5. The van der Waals surface area contributed by atoms with Gasteiger partial charge in [0.15, 0.2) is 11.5 Å². The molecule has 0 bridgehead atoms. The van der Waals surface area contributed by atoms with Crippen molar-refractivity contribution in [2.75, 3.05) is 65.5 Å². The van der Waals surface area contributed by atoms with Crippen molar-refractivity contribution in [1.29, 1.82) is 0 Å². The molecular formula is C27H35N5O5. The van der Waals surface area contributed by atoms with Gasteiger partial charge in [-0.05, 0) is 30.7 Å². The summed E-state index contributed by atoms with van der Waals surface area (Å²) in [5.74, 6) is 1.70. The van der Waals surface area contributed by atoms with E-state index < -0.39 is 0 Å². The van der Waals surface area contributed by atoms with Crippen LogP contribution >= 0.6 is 0 Å². The van der Waals surface area contributed by atoms with Gasteiger partial charge in [-0.1, -0.05) is 12.1 Å². The largest absolute Gasteiger partial charge is 0.493 e. The van der Waals surface area contributed by atoms with E-state index in [0.717, 1.165) is 49.5 Å². The Bertz CT molecular complexity index is 1130. The van der Waals surface area contributed by atoms with Crippen molar-refractivity contribution in [3.05, 3.63) is 53.2 Å². The molecular weight excluding hydrogens is 474 g/mol. The zero-order chi connectivity index (χ0) is 26.2. The van der Waals surface area contributed by atoms with Crippen LogP contribution in [0.25, 0.3) is 6.08 Å². The molecule has 10 nitrogen and oxygen atoms in total. The second-order valence-corrected chi connectivity index (χ2v) is 8.99. The molecule has 1 N–H and O–H groups in total. The molecule has 0 atom stereocenters. The molecule has 1 saturated heterocycles. The van der Waals surface area contributed by atoms with E-state index in [1.165, 1.54) is 6.08 Å². The molecule has 1 aromatic carbocycles. The molecule has 37 heavy (non-hydrogen) atoms. The number of amides is 3. The van der Waals surface area contributed by atoms with Gasteiger partial charge in [-0.15, -0.1) is 0 Å². The van der Waals surface area contributed by atoms with Crippen LogP contribution in [-0.4, -0.2) is 91.8 Å². The van der Waals surface area contributed by atoms with Crippen LogP contribution in [0.15, 0.2) is 36.5 Å². The molecule has 0 aliphatic carbocycles. The van der Waals surface area contributed by atoms with E-state index in [2.05, 4.69) is 15.2 Å². The second kappa shape index (κ2) is 12.6. The number of aromatic nitrogens is 1. The molecule has 0 spiro atoms. The van der Waals surface area contributed by atoms with Gasteiger partial charge in [0.05, 0.1) is 33.5 Å². The smallest absolute Gasteiger partial charge is 0.323 e. The number of benzene rings is 1. The Morgan fingerprint density at radius 2 is 2.08 bits per heavy atom. The number of ether oxygens (including phenoxy) is 3. The number of urea groups is 1. The number of methoxy groups -OCH3 is 1. The second-order valence-electron chi connectivity index (χ2n) is 8.99. The maximum Gasteiger partial charge on any atom is 0.323 e. The first kappa shape index (κ1) is 26.4. The van der Waals surface area contributed by atoms with E-state index in [1.807, 2.05) is 31.2 Å². The van der Waals surface area contributed by atoms with Crippen LogP contribution in [0, 0.1) is 0 Å². The summed E-state index contributed by atoms with van der Waals surface area (Å²) in [6, 6.07) is 7.46. The molecule has 1 fully saturated rings. The summed E-state index contributed by atoms with van der Waals surface area (Å²) in [4.78, 5) is 35.5. The summed E-state index contributed by atoms with van der Waals surface area (Å²) in [5.41, 5.74) is 2.58. The summed E-state index contributed by atoms with van der Waals surface area (Å²) in [7, 11) is 3.34. The number of hydrogen-bond donors (Lipinski definition) is 1. The van der Waals surface area contributed by atoms with Gasteiger partial charge in [0, 0.05) is 63.2 Å². The molecule has 198 valence electrons. The number of carbonyl (C=O) groups excluding carboxylic acids is 2. The molecule has 3 amide bonds. The average molecular weight is 510 g/mol. The van der Waals surface area contributed by atoms with Gasteiger partial charge in [-0.3, -0.25) is 15.0 Å². The highest BCUT2D eigenvalue weighted by Crippen LogP contribution is 2.32. The lowest BCUT2D eigenvalue weighted by Gasteiger charge is -2.32. The van der Waals surface area contributed by atoms with E-state index in [4.69, 9.17) is 14.2 Å². The number of hydrogen-bond acceptors (Lipinski definition) is 7. The third-order valence-corrected chi connectivity index (χ3v) is 6.42. The number of anilines is 1. The number of para-hydroxylation sites is 1. The Labute approximate surface area is 217 Å². The van der Waals surface area contributed by atoms with Crippen LogP contribution in [0.1, 0.15) is 23.6 Å². The summed E-state index contributed by atoms with van der Waals surface area (Å²) >= 11 is 0. The quantitative estimate of drug-likeness (QED) is 0.492. The standard InChI is InChI=1S/C27H35N5O5/c1-4-37-25-21(6-5-7-23(25)35-3)18-30(2)24(33)9-8-20-16-22-19-32(27(34)29-26(22)28-17-20)11-10-31-12-14-36-15-13-31/h5-9,16-17H,4,10-15,18-19H2,1-3H3,(H,28,29,34). The minimum Gasteiger partial charge on any atom is -0.493 e. The minimum atomic E-state index is -0.150. The van der Waals surface area contributed by atoms with Crippen LogP contribution in [-0.2, 0) is 22.6 Å². The van der Waals surface area contributed by atoms with Crippen LogP contribution in [0.4, 0.5) is 10.6 Å². The van der Waals surface area contributed by atoms with Crippen LogP contribution in [0.5, 0.6) is 11.5 Å². The fourth-order valence-electron chi connectivity index (χ4n) is 4.36. The lowest BCUT2D eigenvalue weighted by atomic mass is 10.1. The predicted molar refractivity (Wildman–Crippen MR) is 141 cm³/mol. The maximum absolute atomic E-state index is 12.8. The first-order chi connectivity index (χ1) is 18.0. The van der Waals surface area contributed by atoms with E-state index >= 15 is 0 Å². The Balaban J connectivity index is 1.38. The van der Waals surface area contributed by atoms with Gasteiger partial charge in [0.1, 0.15) is 5.82 Å². The molecule has 0 saturated carbocycles. The van der Waals surface area contributed by atoms with Crippen molar-refractivity contribution >= 4 is 23.8 Å². The molecule has 2 aliphatic rings. The average Bonchev–Trinajstić information content (AvgIpc) is 2.92. The van der Waals surface area contributed by atoms with Crippen molar-refractivity contribution in [3.63, 3.8) is 0 Å². The van der Waals surface area contributed by atoms with Gasteiger partial charge >= 0.3 is 6.03 Å². The Morgan fingerprint density at radius 3 is 2.84 bits per heavy atom. The minimum absolute atomic E-state index is 0.141. The normalized spacial score (nSPS) is 15.9. The van der Waals surface area contributed by atoms with Gasteiger partial charge in [-0.25, -0.2) is 9.78 Å². The van der Waals surface area contributed by atoms with Crippen molar-refractivity contribution in [3.8, 4) is 11.5 Å². The molecule has 4 rings (SSSR count). The third-order valence-electron chi connectivity index (χ3n) is 6.42. The summed E-state index contributed by atoms with van der Waals surface area (Å²) in [6.07, 6.45) is 4.93. The Kier molecular flexibility index (Phi) is 8.97. The molecule has 10 heteroatoms. The highest BCUT2D eigenvalue weighted by molar-refractivity contribution is 5.93. The molecule has 0 radical (unpaired) electrons. The van der Waals surface area contributed by atoms with Crippen LogP contribution < -0.4 is 14.8 Å². The first-order valence-corrected chi connectivity index (χ1v) is 12.5. The number of fused-ring (bicyclic) bond motifs is 1. The Morgan fingerprint density at radius 1 is 1.27 bits per heavy atom. The SMILES string of the molecule is CCOc1c(CN(C)C(=O)C=Cc2cnc3c(c2)CN(CCN2CCOCC2)C(=O)N3)cccc1OC. The lowest BCUT2D eigenvalue weighted by Crippen LogP contribution is -2.45. The van der Waals surface area contributed by atoms with Crippen molar-refractivity contribution in [1.82, 2.24) is 19.7 Å². The van der Waals surface area contributed by atoms with Crippen molar-refractivity contribution in [2.24, 2.45) is 0 Å². The zero-order valence-electron chi connectivity index (χ0n) is 21.7. The van der Waals surface area contributed by atoms with Gasteiger partial charge in [-0.2, -0.15) is 0 Å². The molecule has 2 aromatic rings. The number of nitrogens with one attached hydrogen (secondary N) is 1. The van der Waals surface area contributed by atoms with E-state index in [1.54, 1.807) is 36.2 Å². The Hall–Kier alpha value is -3.63. The highest BCUT2D eigenvalue weighted by Gasteiger charge is 2.24. The topological polar surface area (TPSA) is 96.5 Å². The highest BCUT2D eigenvalue weighted by atomic mass is 16.5.